The van der Waals surface area contributed by atoms with E-state index in [4.69, 9.17) is 9.97 Å². The first kappa shape index (κ1) is 15.0. The van der Waals surface area contributed by atoms with E-state index in [9.17, 15) is 0 Å². The molecular weight excluding hydrogens is 349 g/mol. The van der Waals surface area contributed by atoms with Crippen LogP contribution in [0, 0.1) is 9.49 Å². The Hall–Kier alpha value is -0.390. The lowest BCUT2D eigenvalue weighted by atomic mass is 9.80. The molecule has 2 rings (SSSR count). The van der Waals surface area contributed by atoms with Crippen molar-refractivity contribution in [3.63, 3.8) is 0 Å². The summed E-state index contributed by atoms with van der Waals surface area (Å²) in [7, 11) is 1.95. The molecule has 19 heavy (non-hydrogen) atoms. The number of aryl methyl sites for hydroxylation is 1. The van der Waals surface area contributed by atoms with Gasteiger partial charge in [-0.1, -0.05) is 33.1 Å². The van der Waals surface area contributed by atoms with E-state index in [0.717, 1.165) is 24.0 Å². The van der Waals surface area contributed by atoms with Crippen molar-refractivity contribution in [1.82, 2.24) is 9.97 Å². The number of hydrogen-bond donors (Lipinski definition) is 1. The van der Waals surface area contributed by atoms with Crippen molar-refractivity contribution in [3.8, 4) is 0 Å². The Bertz CT molecular complexity index is 408. The van der Waals surface area contributed by atoms with Gasteiger partial charge in [0.1, 0.15) is 11.6 Å². The van der Waals surface area contributed by atoms with E-state index < -0.39 is 0 Å². The number of aromatic nitrogens is 2. The van der Waals surface area contributed by atoms with E-state index in [1.54, 1.807) is 0 Å². The van der Waals surface area contributed by atoms with Crippen LogP contribution in [0.15, 0.2) is 0 Å². The van der Waals surface area contributed by atoms with Gasteiger partial charge in [0.25, 0.3) is 0 Å². The van der Waals surface area contributed by atoms with Gasteiger partial charge in [-0.05, 0) is 47.8 Å². The molecule has 1 aromatic rings. The van der Waals surface area contributed by atoms with E-state index in [-0.39, 0.29) is 0 Å². The van der Waals surface area contributed by atoms with Gasteiger partial charge in [0.15, 0.2) is 0 Å². The first-order valence-electron chi connectivity index (χ1n) is 7.43. The lowest BCUT2D eigenvalue weighted by molar-refractivity contribution is 0.307. The van der Waals surface area contributed by atoms with Crippen molar-refractivity contribution < 1.29 is 0 Å². The van der Waals surface area contributed by atoms with Crippen LogP contribution in [0.4, 0.5) is 5.82 Å². The van der Waals surface area contributed by atoms with E-state index in [1.807, 2.05) is 7.05 Å². The fourth-order valence-corrected chi connectivity index (χ4v) is 3.88. The number of hydrogen-bond acceptors (Lipinski definition) is 3. The Morgan fingerprint density at radius 3 is 2.68 bits per heavy atom. The third kappa shape index (κ3) is 3.38. The summed E-state index contributed by atoms with van der Waals surface area (Å²) in [6.45, 7) is 4.47. The highest BCUT2D eigenvalue weighted by Gasteiger charge is 2.25. The first-order valence-corrected chi connectivity index (χ1v) is 8.51. The van der Waals surface area contributed by atoms with Crippen molar-refractivity contribution in [2.24, 2.45) is 5.92 Å². The SMILES string of the molecule is CCc1nc(C2CCCC(CC)C2)nc(NC)c1I. The number of anilines is 1. The molecule has 0 spiro atoms. The van der Waals surface area contributed by atoms with E-state index in [0.29, 0.717) is 5.92 Å². The van der Waals surface area contributed by atoms with Crippen LogP contribution in [0.2, 0.25) is 0 Å². The molecule has 2 unspecified atom stereocenters. The lowest BCUT2D eigenvalue weighted by Crippen LogP contribution is -2.17. The van der Waals surface area contributed by atoms with Crippen LogP contribution in [-0.2, 0) is 6.42 Å². The van der Waals surface area contributed by atoms with Crippen LogP contribution in [0.1, 0.15) is 63.4 Å². The summed E-state index contributed by atoms with van der Waals surface area (Å²) in [5.74, 6) is 3.50. The van der Waals surface area contributed by atoms with Gasteiger partial charge < -0.3 is 5.32 Å². The maximum absolute atomic E-state index is 4.83. The monoisotopic (exact) mass is 373 g/mol. The molecule has 4 heteroatoms. The van der Waals surface area contributed by atoms with Gasteiger partial charge in [0, 0.05) is 13.0 Å². The molecule has 2 atom stereocenters. The second kappa shape index (κ2) is 6.86. The van der Waals surface area contributed by atoms with Gasteiger partial charge in [-0.25, -0.2) is 9.97 Å². The molecule has 0 saturated heterocycles. The molecule has 1 N–H and O–H groups in total. The van der Waals surface area contributed by atoms with Crippen molar-refractivity contribution in [1.29, 1.82) is 0 Å². The van der Waals surface area contributed by atoms with Crippen molar-refractivity contribution in [2.45, 2.75) is 58.3 Å². The highest BCUT2D eigenvalue weighted by molar-refractivity contribution is 14.1. The molecule has 0 aromatic carbocycles. The van der Waals surface area contributed by atoms with Gasteiger partial charge in [-0.2, -0.15) is 0 Å². The third-order valence-corrected chi connectivity index (χ3v) is 5.37. The average Bonchev–Trinajstić information content (AvgIpc) is 2.47. The third-order valence-electron chi connectivity index (χ3n) is 4.23. The van der Waals surface area contributed by atoms with Crippen molar-refractivity contribution in [3.05, 3.63) is 15.1 Å². The van der Waals surface area contributed by atoms with E-state index in [2.05, 4.69) is 41.8 Å². The van der Waals surface area contributed by atoms with Gasteiger partial charge in [-0.3, -0.25) is 0 Å². The summed E-state index contributed by atoms with van der Waals surface area (Å²) in [5.41, 5.74) is 1.19. The van der Waals surface area contributed by atoms with Crippen LogP contribution in [0.5, 0.6) is 0 Å². The summed E-state index contributed by atoms with van der Waals surface area (Å²) in [5, 5.41) is 3.22. The Morgan fingerprint density at radius 2 is 2.05 bits per heavy atom. The summed E-state index contributed by atoms with van der Waals surface area (Å²) in [4.78, 5) is 9.60. The molecule has 3 nitrogen and oxygen atoms in total. The molecule has 1 aliphatic carbocycles. The lowest BCUT2D eigenvalue weighted by Gasteiger charge is -2.28. The number of nitrogens with zero attached hydrogens (tertiary/aromatic N) is 2. The largest absolute Gasteiger partial charge is 0.372 e. The van der Waals surface area contributed by atoms with Crippen LogP contribution < -0.4 is 5.32 Å². The zero-order valence-electron chi connectivity index (χ0n) is 12.2. The minimum Gasteiger partial charge on any atom is -0.372 e. The topological polar surface area (TPSA) is 37.8 Å². The van der Waals surface area contributed by atoms with Crippen molar-refractivity contribution >= 4 is 28.4 Å². The first-order chi connectivity index (χ1) is 9.19. The Kier molecular flexibility index (Phi) is 5.42. The van der Waals surface area contributed by atoms with Gasteiger partial charge in [0.2, 0.25) is 0 Å². The average molecular weight is 373 g/mol. The molecule has 0 aliphatic heterocycles. The second-order valence-corrected chi connectivity index (χ2v) is 6.51. The highest BCUT2D eigenvalue weighted by Crippen LogP contribution is 2.37. The zero-order chi connectivity index (χ0) is 13.8. The predicted molar refractivity (Wildman–Crippen MR) is 88.7 cm³/mol. The van der Waals surface area contributed by atoms with Crippen molar-refractivity contribution in [2.75, 3.05) is 12.4 Å². The van der Waals surface area contributed by atoms with Crippen LogP contribution in [0.3, 0.4) is 0 Å². The minimum absolute atomic E-state index is 0.563. The number of nitrogens with one attached hydrogen (secondary N) is 1. The Balaban J connectivity index is 2.28. The zero-order valence-corrected chi connectivity index (χ0v) is 14.3. The molecule has 106 valence electrons. The fraction of sp³-hybridized carbons (Fsp3) is 0.733. The Morgan fingerprint density at radius 1 is 1.26 bits per heavy atom. The van der Waals surface area contributed by atoms with Gasteiger partial charge in [0.05, 0.1) is 9.26 Å². The van der Waals surface area contributed by atoms with Gasteiger partial charge >= 0.3 is 0 Å². The molecule has 0 radical (unpaired) electrons. The normalized spacial score (nSPS) is 23.4. The summed E-state index contributed by atoms with van der Waals surface area (Å²) >= 11 is 2.35. The molecule has 1 aromatic heterocycles. The maximum Gasteiger partial charge on any atom is 0.143 e. The second-order valence-electron chi connectivity index (χ2n) is 5.43. The number of halogens is 1. The maximum atomic E-state index is 4.83. The molecular formula is C15H24IN3. The van der Waals surface area contributed by atoms with Crippen LogP contribution in [0.25, 0.3) is 0 Å². The molecule has 1 aliphatic rings. The van der Waals surface area contributed by atoms with Crippen LogP contribution >= 0.6 is 22.6 Å². The standard InChI is InChI=1S/C15H24IN3/c1-4-10-7-6-8-11(9-10)14-18-12(5-2)13(16)15(17-3)19-14/h10-11H,4-9H2,1-3H3,(H,17,18,19). The molecule has 0 bridgehead atoms. The Labute approximate surface area is 130 Å². The predicted octanol–water partition coefficient (Wildman–Crippen LogP) is 4.37. The van der Waals surface area contributed by atoms with Crippen LogP contribution in [-0.4, -0.2) is 17.0 Å². The van der Waals surface area contributed by atoms with E-state index >= 15 is 0 Å². The van der Waals surface area contributed by atoms with E-state index in [1.165, 1.54) is 41.4 Å². The van der Waals surface area contributed by atoms with Gasteiger partial charge in [-0.15, -0.1) is 0 Å². The molecule has 1 fully saturated rings. The smallest absolute Gasteiger partial charge is 0.143 e. The number of rotatable bonds is 4. The summed E-state index contributed by atoms with van der Waals surface area (Å²) < 4.78 is 1.18. The fourth-order valence-electron chi connectivity index (χ4n) is 2.99. The minimum atomic E-state index is 0.563. The molecule has 1 saturated carbocycles. The summed E-state index contributed by atoms with van der Waals surface area (Å²) in [6.07, 6.45) is 7.51. The highest BCUT2D eigenvalue weighted by atomic mass is 127. The molecule has 1 heterocycles. The summed E-state index contributed by atoms with van der Waals surface area (Å²) in [6, 6.07) is 0. The molecule has 0 amide bonds. The quantitative estimate of drug-likeness (QED) is 0.797.